The number of phenols is 1. The Morgan fingerprint density at radius 3 is 2.14 bits per heavy atom. The Labute approximate surface area is 134 Å². The van der Waals surface area contributed by atoms with Crippen LogP contribution in [0.5, 0.6) is 23.0 Å². The molecule has 0 unspecified atom stereocenters. The van der Waals surface area contributed by atoms with Gasteiger partial charge < -0.3 is 19.3 Å². The molecule has 1 N–H and O–H groups in total. The van der Waals surface area contributed by atoms with Crippen LogP contribution in [0.4, 0.5) is 0 Å². The predicted molar refractivity (Wildman–Crippen MR) is 88.1 cm³/mol. The maximum Gasteiger partial charge on any atom is 0.179 e. The Morgan fingerprint density at radius 1 is 0.864 bits per heavy atom. The van der Waals surface area contributed by atoms with E-state index in [4.69, 9.17) is 25.8 Å². The van der Waals surface area contributed by atoms with E-state index in [1.54, 1.807) is 32.4 Å². The Morgan fingerprint density at radius 2 is 1.55 bits per heavy atom. The molecule has 0 amide bonds. The van der Waals surface area contributed by atoms with Crippen molar-refractivity contribution in [3.05, 3.63) is 46.5 Å². The van der Waals surface area contributed by atoms with Gasteiger partial charge >= 0.3 is 0 Å². The number of benzene rings is 2. The van der Waals surface area contributed by atoms with Crippen molar-refractivity contribution in [2.45, 2.75) is 0 Å². The summed E-state index contributed by atoms with van der Waals surface area (Å²) in [7, 11) is 4.61. The van der Waals surface area contributed by atoms with E-state index in [1.165, 1.54) is 7.11 Å². The number of halogens is 1. The van der Waals surface area contributed by atoms with Gasteiger partial charge in [0, 0.05) is 0 Å². The highest BCUT2D eigenvalue weighted by Crippen LogP contribution is 2.36. The van der Waals surface area contributed by atoms with E-state index >= 15 is 0 Å². The Bertz CT molecular complexity index is 695. The fourth-order valence-corrected chi connectivity index (χ4v) is 2.33. The predicted octanol–water partition coefficient (Wildman–Crippen LogP) is 4.24. The smallest absolute Gasteiger partial charge is 0.179 e. The Kier molecular flexibility index (Phi) is 5.17. The molecule has 0 saturated carbocycles. The molecule has 5 heteroatoms. The molecule has 2 rings (SSSR count). The summed E-state index contributed by atoms with van der Waals surface area (Å²) in [6, 6.07) is 8.78. The van der Waals surface area contributed by atoms with E-state index in [-0.39, 0.29) is 5.75 Å². The van der Waals surface area contributed by atoms with Crippen molar-refractivity contribution in [3.8, 4) is 23.0 Å². The molecule has 2 aromatic rings. The third kappa shape index (κ3) is 3.46. The summed E-state index contributed by atoms with van der Waals surface area (Å²) in [5, 5.41) is 10.2. The van der Waals surface area contributed by atoms with Gasteiger partial charge in [-0.3, -0.25) is 0 Å². The SMILES string of the molecule is COc1ccc(/C=C/c2cc(Cl)c(OC)c(OC)c2)cc1O. The first-order valence-corrected chi connectivity index (χ1v) is 6.93. The van der Waals surface area contributed by atoms with Crippen molar-refractivity contribution in [1.29, 1.82) is 0 Å². The number of rotatable bonds is 5. The Balaban J connectivity index is 2.30. The van der Waals surface area contributed by atoms with Crippen molar-refractivity contribution in [2.24, 2.45) is 0 Å². The lowest BCUT2D eigenvalue weighted by molar-refractivity contribution is 0.355. The average molecular weight is 321 g/mol. The summed E-state index contributed by atoms with van der Waals surface area (Å²) < 4.78 is 15.5. The summed E-state index contributed by atoms with van der Waals surface area (Å²) in [6.45, 7) is 0. The Hall–Kier alpha value is -2.33. The van der Waals surface area contributed by atoms with Crippen molar-refractivity contribution in [2.75, 3.05) is 21.3 Å². The fourth-order valence-electron chi connectivity index (χ4n) is 2.04. The van der Waals surface area contributed by atoms with Gasteiger partial charge in [0.05, 0.1) is 26.4 Å². The number of hydrogen-bond acceptors (Lipinski definition) is 4. The zero-order valence-corrected chi connectivity index (χ0v) is 13.3. The molecule has 0 bridgehead atoms. The lowest BCUT2D eigenvalue weighted by Crippen LogP contribution is -1.92. The van der Waals surface area contributed by atoms with Crippen LogP contribution >= 0.6 is 11.6 Å². The van der Waals surface area contributed by atoms with Gasteiger partial charge in [-0.15, -0.1) is 0 Å². The molecule has 0 aliphatic heterocycles. The first-order chi connectivity index (χ1) is 10.6. The summed E-state index contributed by atoms with van der Waals surface area (Å²) in [5.41, 5.74) is 1.70. The van der Waals surface area contributed by atoms with Crippen molar-refractivity contribution < 1.29 is 19.3 Å². The second-order valence-corrected chi connectivity index (χ2v) is 4.91. The van der Waals surface area contributed by atoms with E-state index in [9.17, 15) is 5.11 Å². The van der Waals surface area contributed by atoms with Gasteiger partial charge in [0.25, 0.3) is 0 Å². The van der Waals surface area contributed by atoms with Crippen LogP contribution in [0.1, 0.15) is 11.1 Å². The molecule has 0 radical (unpaired) electrons. The molecule has 0 atom stereocenters. The van der Waals surface area contributed by atoms with Gasteiger partial charge in [0.1, 0.15) is 0 Å². The van der Waals surface area contributed by atoms with Crippen molar-refractivity contribution in [3.63, 3.8) is 0 Å². The van der Waals surface area contributed by atoms with E-state index in [2.05, 4.69) is 0 Å². The van der Waals surface area contributed by atoms with Gasteiger partial charge in [-0.05, 0) is 35.4 Å². The number of methoxy groups -OCH3 is 3. The average Bonchev–Trinajstić information content (AvgIpc) is 2.52. The molecule has 2 aromatic carbocycles. The fraction of sp³-hybridized carbons (Fsp3) is 0.176. The highest BCUT2D eigenvalue weighted by Gasteiger charge is 2.09. The minimum absolute atomic E-state index is 0.0926. The van der Waals surface area contributed by atoms with Crippen LogP contribution in [0.25, 0.3) is 12.2 Å². The molecular formula is C17H17ClO4. The van der Waals surface area contributed by atoms with E-state index in [0.29, 0.717) is 22.3 Å². The lowest BCUT2D eigenvalue weighted by atomic mass is 10.1. The maximum absolute atomic E-state index is 9.77. The number of hydrogen-bond donors (Lipinski definition) is 1. The van der Waals surface area contributed by atoms with E-state index in [0.717, 1.165) is 11.1 Å². The molecule has 0 heterocycles. The first-order valence-electron chi connectivity index (χ1n) is 6.55. The van der Waals surface area contributed by atoms with Crippen LogP contribution < -0.4 is 14.2 Å². The molecule has 4 nitrogen and oxygen atoms in total. The van der Waals surface area contributed by atoms with E-state index < -0.39 is 0 Å². The van der Waals surface area contributed by atoms with Gasteiger partial charge in [-0.2, -0.15) is 0 Å². The van der Waals surface area contributed by atoms with Gasteiger partial charge in [-0.25, -0.2) is 0 Å². The molecule has 0 aromatic heterocycles. The van der Waals surface area contributed by atoms with Crippen LogP contribution in [0.2, 0.25) is 5.02 Å². The highest BCUT2D eigenvalue weighted by molar-refractivity contribution is 6.32. The quantitative estimate of drug-likeness (QED) is 0.837. The normalized spacial score (nSPS) is 10.7. The topological polar surface area (TPSA) is 47.9 Å². The van der Waals surface area contributed by atoms with Gasteiger partial charge in [0.15, 0.2) is 23.0 Å². The molecule has 0 saturated heterocycles. The number of aromatic hydroxyl groups is 1. The summed E-state index contributed by atoms with van der Waals surface area (Å²) in [6.07, 6.45) is 3.73. The molecule has 0 aliphatic rings. The molecule has 0 aliphatic carbocycles. The van der Waals surface area contributed by atoms with Crippen LogP contribution in [0.3, 0.4) is 0 Å². The third-order valence-corrected chi connectivity index (χ3v) is 3.41. The van der Waals surface area contributed by atoms with Crippen LogP contribution in [-0.2, 0) is 0 Å². The van der Waals surface area contributed by atoms with Crippen LogP contribution in [-0.4, -0.2) is 26.4 Å². The highest BCUT2D eigenvalue weighted by atomic mass is 35.5. The first kappa shape index (κ1) is 16.0. The van der Waals surface area contributed by atoms with Gasteiger partial charge in [-0.1, -0.05) is 29.8 Å². The molecular weight excluding hydrogens is 304 g/mol. The second-order valence-electron chi connectivity index (χ2n) is 4.50. The minimum Gasteiger partial charge on any atom is -0.504 e. The number of ether oxygens (including phenoxy) is 3. The summed E-state index contributed by atoms with van der Waals surface area (Å²) >= 11 is 6.16. The minimum atomic E-state index is 0.0926. The van der Waals surface area contributed by atoms with Crippen LogP contribution in [0.15, 0.2) is 30.3 Å². The van der Waals surface area contributed by atoms with Crippen molar-refractivity contribution in [1.82, 2.24) is 0 Å². The monoisotopic (exact) mass is 320 g/mol. The zero-order valence-electron chi connectivity index (χ0n) is 12.6. The van der Waals surface area contributed by atoms with E-state index in [1.807, 2.05) is 24.3 Å². The molecule has 0 fully saturated rings. The van der Waals surface area contributed by atoms with Gasteiger partial charge in [0.2, 0.25) is 0 Å². The molecule has 116 valence electrons. The second kappa shape index (κ2) is 7.09. The standard InChI is InChI=1S/C17H17ClO4/c1-20-15-7-6-11(9-14(15)19)4-5-12-8-13(18)17(22-3)16(10-12)21-2/h4-10,19H,1-3H3/b5-4+. The lowest BCUT2D eigenvalue weighted by Gasteiger charge is -2.10. The largest absolute Gasteiger partial charge is 0.504 e. The zero-order chi connectivity index (χ0) is 16.1. The van der Waals surface area contributed by atoms with Crippen molar-refractivity contribution >= 4 is 23.8 Å². The summed E-state index contributed by atoms with van der Waals surface area (Å²) in [4.78, 5) is 0. The van der Waals surface area contributed by atoms with Crippen LogP contribution in [0, 0.1) is 0 Å². The number of phenolic OH excluding ortho intramolecular Hbond substituents is 1. The summed E-state index contributed by atoms with van der Waals surface area (Å²) in [5.74, 6) is 1.59. The maximum atomic E-state index is 9.77. The molecule has 22 heavy (non-hydrogen) atoms. The third-order valence-electron chi connectivity index (χ3n) is 3.13. The molecule has 0 spiro atoms.